The van der Waals surface area contributed by atoms with Gasteiger partial charge in [-0.15, -0.1) is 0 Å². The Morgan fingerprint density at radius 3 is 1.58 bits per heavy atom. The molecule has 0 fully saturated rings. The Labute approximate surface area is 346 Å². The maximum Gasteiger partial charge on any atom is -0.00261 e. The van der Waals surface area contributed by atoms with E-state index in [1.54, 1.807) is 0 Å². The zero-order chi connectivity index (χ0) is 39.5. The van der Waals surface area contributed by atoms with Gasteiger partial charge in [-0.1, -0.05) is 218 Å². The molecule has 0 aliphatic heterocycles. The lowest BCUT2D eigenvalue weighted by Gasteiger charge is -2.20. The summed E-state index contributed by atoms with van der Waals surface area (Å²) in [6.45, 7) is 2.11. The lowest BCUT2D eigenvalue weighted by Crippen LogP contribution is -1.96. The van der Waals surface area contributed by atoms with Crippen molar-refractivity contribution in [3.63, 3.8) is 0 Å². The quantitative estimate of drug-likeness (QED) is 0.107. The summed E-state index contributed by atoms with van der Waals surface area (Å²) < 4.78 is 0. The number of fused-ring (bicyclic) bond motifs is 3. The summed E-state index contributed by atoms with van der Waals surface area (Å²) in [5.74, 6) is 0. The van der Waals surface area contributed by atoms with E-state index in [9.17, 15) is 0 Å². The van der Waals surface area contributed by atoms with Crippen LogP contribution in [0.4, 0.5) is 0 Å². The molecule has 0 nitrogen and oxygen atoms in total. The van der Waals surface area contributed by atoms with Crippen LogP contribution in [-0.2, 0) is 0 Å². The van der Waals surface area contributed by atoms with Crippen LogP contribution in [0.3, 0.4) is 0 Å². The Hall–Kier alpha value is -7.54. The molecule has 0 atom stereocenters. The number of hydrogen-bond acceptors (Lipinski definition) is 0. The fourth-order valence-corrected chi connectivity index (χ4v) is 8.93. The van der Waals surface area contributed by atoms with Crippen molar-refractivity contribution < 1.29 is 0 Å². The highest BCUT2D eigenvalue weighted by molar-refractivity contribution is 6.21. The molecule has 0 saturated heterocycles. The highest BCUT2D eigenvalue weighted by Gasteiger charge is 2.19. The van der Waals surface area contributed by atoms with Gasteiger partial charge in [-0.25, -0.2) is 0 Å². The van der Waals surface area contributed by atoms with Crippen molar-refractivity contribution in [2.24, 2.45) is 0 Å². The molecule has 0 unspecified atom stereocenters. The van der Waals surface area contributed by atoms with E-state index in [0.717, 1.165) is 5.56 Å². The highest BCUT2D eigenvalue weighted by Crippen LogP contribution is 2.45. The van der Waals surface area contributed by atoms with E-state index in [1.165, 1.54) is 99.1 Å². The second-order valence-electron chi connectivity index (χ2n) is 15.1. The lowest BCUT2D eigenvalue weighted by molar-refractivity contribution is 1.52. The predicted octanol–water partition coefficient (Wildman–Crippen LogP) is 16.4. The smallest absolute Gasteiger partial charge is 0.00261 e. The molecule has 0 amide bonds. The van der Waals surface area contributed by atoms with Gasteiger partial charge in [-0.05, 0) is 130 Å². The molecule has 0 aliphatic rings. The monoisotopic (exact) mass is 750 g/mol. The van der Waals surface area contributed by atoms with Gasteiger partial charge in [0.2, 0.25) is 0 Å². The molecule has 0 radical (unpaired) electrons. The van der Waals surface area contributed by atoms with Crippen LogP contribution < -0.4 is 0 Å². The van der Waals surface area contributed by atoms with Gasteiger partial charge < -0.3 is 0 Å². The van der Waals surface area contributed by atoms with Gasteiger partial charge >= 0.3 is 0 Å². The van der Waals surface area contributed by atoms with Gasteiger partial charge in [0.15, 0.2) is 0 Å². The van der Waals surface area contributed by atoms with Crippen molar-refractivity contribution in [2.75, 3.05) is 0 Å². The SMILES string of the molecule is C/C=C\c1ccc(-c2c3ccccc3c(-c3ccccc3)c3ccccc23)cc1C(=Cc1ccccc1-c1ccccc1)c1cccc(-c2cccc3ccccc23)c1. The van der Waals surface area contributed by atoms with Crippen molar-refractivity contribution in [3.05, 3.63) is 247 Å². The fraction of sp³-hybridized carbons (Fsp3) is 0.0169. The van der Waals surface area contributed by atoms with E-state index in [-0.39, 0.29) is 0 Å². The average Bonchev–Trinajstić information content (AvgIpc) is 3.31. The summed E-state index contributed by atoms with van der Waals surface area (Å²) >= 11 is 0. The number of allylic oxidation sites excluding steroid dienone is 1. The van der Waals surface area contributed by atoms with Crippen molar-refractivity contribution in [2.45, 2.75) is 6.92 Å². The van der Waals surface area contributed by atoms with Gasteiger partial charge in [0.1, 0.15) is 0 Å². The summed E-state index contributed by atoms with van der Waals surface area (Å²) in [4.78, 5) is 0. The first kappa shape index (κ1) is 35.8. The molecule has 0 heteroatoms. The Balaban J connectivity index is 1.26. The Morgan fingerprint density at radius 1 is 0.356 bits per heavy atom. The largest absolute Gasteiger partial charge is 0.0870 e. The molecule has 0 aliphatic carbocycles. The first-order chi connectivity index (χ1) is 29.2. The minimum Gasteiger partial charge on any atom is -0.0870 e. The minimum atomic E-state index is 1.16. The maximum atomic E-state index is 2.44. The molecule has 10 aromatic rings. The first-order valence-electron chi connectivity index (χ1n) is 20.5. The molecule has 278 valence electrons. The number of rotatable bonds is 8. The summed E-state index contributed by atoms with van der Waals surface area (Å²) in [6, 6.07) is 79.7. The Kier molecular flexibility index (Phi) is 9.58. The van der Waals surface area contributed by atoms with Crippen LogP contribution in [-0.4, -0.2) is 0 Å². The standard InChI is InChI=1S/C59H42/c1-2-19-41-36-37-48(59-54-33-15-13-31-52(54)58(44-23-7-4-8-24-44)53-32-14-16-34-55(53)59)40-56(41)57(39-47-25-10-11-29-49(47)42-20-5-3-6-21-42)46-28-17-27-45(38-46)51-35-18-26-43-22-9-12-30-50(43)51/h2-40H,1H3/b19-2-,57-39?. The van der Waals surface area contributed by atoms with Gasteiger partial charge in [-0.2, -0.15) is 0 Å². The molecule has 0 spiro atoms. The van der Waals surface area contributed by atoms with Crippen LogP contribution in [0.5, 0.6) is 0 Å². The third-order valence-electron chi connectivity index (χ3n) is 11.6. The second-order valence-corrected chi connectivity index (χ2v) is 15.1. The zero-order valence-electron chi connectivity index (χ0n) is 33.0. The molecule has 0 aromatic heterocycles. The highest BCUT2D eigenvalue weighted by atomic mass is 14.2. The fourth-order valence-electron chi connectivity index (χ4n) is 8.93. The first-order valence-corrected chi connectivity index (χ1v) is 20.5. The molecule has 10 aromatic carbocycles. The van der Waals surface area contributed by atoms with E-state index >= 15 is 0 Å². The molecule has 0 N–H and O–H groups in total. The van der Waals surface area contributed by atoms with E-state index in [4.69, 9.17) is 0 Å². The minimum absolute atomic E-state index is 1.16. The topological polar surface area (TPSA) is 0 Å². The van der Waals surface area contributed by atoms with Gasteiger partial charge in [0.05, 0.1) is 0 Å². The molecule has 59 heavy (non-hydrogen) atoms. The molecule has 0 heterocycles. The molecular weight excluding hydrogens is 709 g/mol. The van der Waals surface area contributed by atoms with E-state index in [2.05, 4.69) is 244 Å². The van der Waals surface area contributed by atoms with Crippen LogP contribution in [0.2, 0.25) is 0 Å². The van der Waals surface area contributed by atoms with Gasteiger partial charge in [0.25, 0.3) is 0 Å². The van der Waals surface area contributed by atoms with Gasteiger partial charge in [-0.3, -0.25) is 0 Å². The maximum absolute atomic E-state index is 2.44. The number of hydrogen-bond donors (Lipinski definition) is 0. The van der Waals surface area contributed by atoms with Crippen LogP contribution in [0.15, 0.2) is 224 Å². The van der Waals surface area contributed by atoms with Gasteiger partial charge in [0, 0.05) is 0 Å². The third kappa shape index (κ3) is 6.75. The third-order valence-corrected chi connectivity index (χ3v) is 11.6. The molecular formula is C59H42. The van der Waals surface area contributed by atoms with E-state index < -0.39 is 0 Å². The van der Waals surface area contributed by atoms with Crippen LogP contribution in [0, 0.1) is 0 Å². The summed E-state index contributed by atoms with van der Waals surface area (Å²) in [7, 11) is 0. The second kappa shape index (κ2) is 15.8. The predicted molar refractivity (Wildman–Crippen MR) is 255 cm³/mol. The van der Waals surface area contributed by atoms with Crippen molar-refractivity contribution in [1.82, 2.24) is 0 Å². The summed E-state index contributed by atoms with van der Waals surface area (Å²) in [5, 5.41) is 7.48. The van der Waals surface area contributed by atoms with Crippen LogP contribution in [0.25, 0.3) is 94.6 Å². The number of benzene rings is 10. The Morgan fingerprint density at radius 2 is 0.881 bits per heavy atom. The van der Waals surface area contributed by atoms with E-state index in [0.29, 0.717) is 0 Å². The molecule has 10 rings (SSSR count). The van der Waals surface area contributed by atoms with Crippen molar-refractivity contribution >= 4 is 50.0 Å². The normalized spacial score (nSPS) is 11.8. The van der Waals surface area contributed by atoms with Crippen molar-refractivity contribution in [1.29, 1.82) is 0 Å². The molecule has 0 bridgehead atoms. The lowest BCUT2D eigenvalue weighted by atomic mass is 9.83. The Bertz CT molecular complexity index is 3140. The zero-order valence-corrected chi connectivity index (χ0v) is 33.0. The van der Waals surface area contributed by atoms with Crippen molar-refractivity contribution in [3.8, 4) is 44.5 Å². The van der Waals surface area contributed by atoms with E-state index in [1.807, 2.05) is 0 Å². The molecule has 0 saturated carbocycles. The summed E-state index contributed by atoms with van der Waals surface area (Å²) in [5.41, 5.74) is 15.6. The van der Waals surface area contributed by atoms with Crippen LogP contribution in [0.1, 0.15) is 29.2 Å². The van der Waals surface area contributed by atoms with Crippen LogP contribution >= 0.6 is 0 Å². The average molecular weight is 751 g/mol. The summed E-state index contributed by atoms with van der Waals surface area (Å²) in [6.07, 6.45) is 6.81.